The largest absolute Gasteiger partial charge is 0.373 e. The lowest BCUT2D eigenvalue weighted by atomic mass is 10.2. The van der Waals surface area contributed by atoms with Crippen molar-refractivity contribution in [3.63, 3.8) is 0 Å². The van der Waals surface area contributed by atoms with Gasteiger partial charge < -0.3 is 4.79 Å². The van der Waals surface area contributed by atoms with E-state index in [1.54, 1.807) is 31.2 Å². The molecule has 1 aromatic carbocycles. The second-order valence-electron chi connectivity index (χ2n) is 4.99. The summed E-state index contributed by atoms with van der Waals surface area (Å²) < 4.78 is 0. The third kappa shape index (κ3) is 9.97. The van der Waals surface area contributed by atoms with Crippen molar-refractivity contribution in [2.75, 3.05) is 0 Å². The van der Waals surface area contributed by atoms with E-state index >= 15 is 0 Å². The van der Waals surface area contributed by atoms with Gasteiger partial charge in [-0.2, -0.15) is 4.89 Å². The zero-order valence-corrected chi connectivity index (χ0v) is 12.2. The maximum atomic E-state index is 11.3. The van der Waals surface area contributed by atoms with E-state index < -0.39 is 11.6 Å². The van der Waals surface area contributed by atoms with Gasteiger partial charge in [0.25, 0.3) is 0 Å². The monoisotopic (exact) mass is 266 g/mol. The molecule has 1 aromatic rings. The van der Waals surface area contributed by atoms with Crippen LogP contribution in [0.5, 0.6) is 0 Å². The van der Waals surface area contributed by atoms with Crippen molar-refractivity contribution in [1.82, 2.24) is 0 Å². The van der Waals surface area contributed by atoms with E-state index in [0.717, 1.165) is 0 Å². The van der Waals surface area contributed by atoms with Gasteiger partial charge in [0.05, 0.1) is 5.56 Å². The Morgan fingerprint density at radius 3 is 1.95 bits per heavy atom. The number of ketones is 1. The topological polar surface area (TPSA) is 52.6 Å². The van der Waals surface area contributed by atoms with Gasteiger partial charge in [-0.15, -0.1) is 0 Å². The first-order valence-electron chi connectivity index (χ1n) is 6.20. The first kappa shape index (κ1) is 17.3. The van der Waals surface area contributed by atoms with Crippen LogP contribution >= 0.6 is 0 Å². The summed E-state index contributed by atoms with van der Waals surface area (Å²) in [6, 6.07) is 8.73. The summed E-state index contributed by atoms with van der Waals surface area (Å²) in [6.07, 6.45) is 0.667. The Labute approximate surface area is 114 Å². The Kier molecular flexibility index (Phi) is 7.68. The van der Waals surface area contributed by atoms with Crippen molar-refractivity contribution in [3.8, 4) is 0 Å². The average Bonchev–Trinajstić information content (AvgIpc) is 2.37. The van der Waals surface area contributed by atoms with Gasteiger partial charge in [0.1, 0.15) is 11.4 Å². The number of hydrogen-bond donors (Lipinski definition) is 0. The lowest BCUT2D eigenvalue weighted by Gasteiger charge is -2.16. The minimum Gasteiger partial charge on any atom is -0.300 e. The van der Waals surface area contributed by atoms with E-state index in [0.29, 0.717) is 12.0 Å². The third-order valence-electron chi connectivity index (χ3n) is 1.87. The minimum atomic E-state index is -0.482. The molecule has 0 aliphatic heterocycles. The van der Waals surface area contributed by atoms with E-state index in [-0.39, 0.29) is 5.78 Å². The van der Waals surface area contributed by atoms with Crippen LogP contribution in [-0.4, -0.2) is 17.4 Å². The van der Waals surface area contributed by atoms with Gasteiger partial charge in [0.2, 0.25) is 0 Å². The molecule has 1 rings (SSSR count). The molecule has 0 aliphatic rings. The van der Waals surface area contributed by atoms with Crippen molar-refractivity contribution < 1.29 is 19.4 Å². The Bertz CT molecular complexity index is 390. The average molecular weight is 266 g/mol. The highest BCUT2D eigenvalue weighted by Crippen LogP contribution is 2.09. The van der Waals surface area contributed by atoms with Crippen LogP contribution < -0.4 is 0 Å². The molecular formula is C15H22O4. The summed E-state index contributed by atoms with van der Waals surface area (Å²) in [4.78, 5) is 30.7. The van der Waals surface area contributed by atoms with Gasteiger partial charge in [-0.3, -0.25) is 4.89 Å². The van der Waals surface area contributed by atoms with Crippen LogP contribution in [0.4, 0.5) is 0 Å². The predicted molar refractivity (Wildman–Crippen MR) is 73.7 cm³/mol. The Morgan fingerprint density at radius 1 is 1.11 bits per heavy atom. The SMILES string of the molecule is CC(C)(C)OOC(=O)c1ccccc1.CCC(C)=O. The first-order chi connectivity index (χ1) is 8.76. The Balaban J connectivity index is 0.000000555. The minimum absolute atomic E-state index is 0.255. The molecule has 0 amide bonds. The quantitative estimate of drug-likeness (QED) is 0.620. The molecule has 0 bridgehead atoms. The highest BCUT2D eigenvalue weighted by molar-refractivity contribution is 5.88. The third-order valence-corrected chi connectivity index (χ3v) is 1.87. The Hall–Kier alpha value is -1.68. The predicted octanol–water partition coefficient (Wildman–Crippen LogP) is 3.56. The lowest BCUT2D eigenvalue weighted by Crippen LogP contribution is -2.21. The molecule has 0 spiro atoms. The first-order valence-corrected chi connectivity index (χ1v) is 6.20. The van der Waals surface area contributed by atoms with Crippen LogP contribution in [0.2, 0.25) is 0 Å². The van der Waals surface area contributed by atoms with Crippen molar-refractivity contribution >= 4 is 11.8 Å². The normalized spacial score (nSPS) is 10.2. The van der Waals surface area contributed by atoms with E-state index in [9.17, 15) is 9.59 Å². The van der Waals surface area contributed by atoms with E-state index in [4.69, 9.17) is 4.89 Å². The van der Waals surface area contributed by atoms with Crippen molar-refractivity contribution in [1.29, 1.82) is 0 Å². The zero-order chi connectivity index (χ0) is 14.9. The number of rotatable bonds is 3. The van der Waals surface area contributed by atoms with Gasteiger partial charge >= 0.3 is 5.97 Å². The number of carbonyl (C=O) groups excluding carboxylic acids is 2. The second-order valence-corrected chi connectivity index (χ2v) is 4.99. The molecule has 0 unspecified atom stereocenters. The number of carbonyl (C=O) groups is 2. The van der Waals surface area contributed by atoms with Crippen molar-refractivity contribution in [2.45, 2.75) is 46.6 Å². The van der Waals surface area contributed by atoms with Crippen LogP contribution in [0.3, 0.4) is 0 Å². The summed E-state index contributed by atoms with van der Waals surface area (Å²) in [5, 5.41) is 0. The summed E-state index contributed by atoms with van der Waals surface area (Å²) in [7, 11) is 0. The van der Waals surface area contributed by atoms with Gasteiger partial charge in [-0.1, -0.05) is 25.1 Å². The maximum Gasteiger partial charge on any atom is 0.373 e. The smallest absolute Gasteiger partial charge is 0.300 e. The zero-order valence-electron chi connectivity index (χ0n) is 12.2. The summed E-state index contributed by atoms with van der Waals surface area (Å²) >= 11 is 0. The molecular weight excluding hydrogens is 244 g/mol. The van der Waals surface area contributed by atoms with E-state index in [2.05, 4.69) is 4.89 Å². The fourth-order valence-electron chi connectivity index (χ4n) is 0.785. The van der Waals surface area contributed by atoms with Crippen LogP contribution in [0.25, 0.3) is 0 Å². The van der Waals surface area contributed by atoms with Gasteiger partial charge in [-0.25, -0.2) is 4.79 Å². The van der Waals surface area contributed by atoms with Gasteiger partial charge in [0.15, 0.2) is 0 Å². The van der Waals surface area contributed by atoms with Crippen LogP contribution in [0, 0.1) is 0 Å². The molecule has 0 heterocycles. The molecule has 19 heavy (non-hydrogen) atoms. The fraction of sp³-hybridized carbons (Fsp3) is 0.467. The molecule has 106 valence electrons. The fourth-order valence-corrected chi connectivity index (χ4v) is 0.785. The number of benzene rings is 1. The molecule has 4 nitrogen and oxygen atoms in total. The molecule has 0 saturated heterocycles. The van der Waals surface area contributed by atoms with Crippen LogP contribution in [0.15, 0.2) is 30.3 Å². The highest BCUT2D eigenvalue weighted by Gasteiger charge is 2.15. The summed E-state index contributed by atoms with van der Waals surface area (Å²) in [6.45, 7) is 8.87. The number of Topliss-reactive ketones (excluding diaryl/α,β-unsaturated/α-hetero) is 1. The van der Waals surface area contributed by atoms with Crippen molar-refractivity contribution in [3.05, 3.63) is 35.9 Å². The molecule has 0 N–H and O–H groups in total. The van der Waals surface area contributed by atoms with Crippen LogP contribution in [-0.2, 0) is 14.6 Å². The molecule has 0 aliphatic carbocycles. The highest BCUT2D eigenvalue weighted by atomic mass is 17.2. The van der Waals surface area contributed by atoms with Gasteiger partial charge in [-0.05, 0) is 39.8 Å². The summed E-state index contributed by atoms with van der Waals surface area (Å²) in [5.41, 5.74) is 0.00140. The number of hydrogen-bond acceptors (Lipinski definition) is 4. The maximum absolute atomic E-state index is 11.3. The van der Waals surface area contributed by atoms with Gasteiger partial charge in [0, 0.05) is 6.42 Å². The van der Waals surface area contributed by atoms with E-state index in [1.807, 2.05) is 33.8 Å². The summed E-state index contributed by atoms with van der Waals surface area (Å²) in [5.74, 6) is -0.217. The molecule has 0 saturated carbocycles. The molecule has 0 atom stereocenters. The lowest BCUT2D eigenvalue weighted by molar-refractivity contribution is -0.301. The second kappa shape index (κ2) is 8.43. The molecule has 4 heteroatoms. The molecule has 0 fully saturated rings. The Morgan fingerprint density at radius 2 is 1.58 bits per heavy atom. The van der Waals surface area contributed by atoms with E-state index in [1.165, 1.54) is 0 Å². The van der Waals surface area contributed by atoms with Crippen LogP contribution in [0.1, 0.15) is 51.4 Å². The standard InChI is InChI=1S/C11H14O3.C4H8O/c1-11(2,3)14-13-10(12)9-7-5-4-6-8-9;1-3-4(2)5/h4-8H,1-3H3;3H2,1-2H3. The van der Waals surface area contributed by atoms with Crippen molar-refractivity contribution in [2.24, 2.45) is 0 Å². The molecule has 0 aromatic heterocycles. The molecule has 0 radical (unpaired) electrons.